The molecule has 0 bridgehead atoms. The predicted molar refractivity (Wildman–Crippen MR) is 102 cm³/mol. The molecule has 0 saturated carbocycles. The van der Waals surface area contributed by atoms with Gasteiger partial charge in [-0.05, 0) is 30.2 Å². The minimum absolute atomic E-state index is 0.121. The Bertz CT molecular complexity index is 958. The zero-order chi connectivity index (χ0) is 18.6. The first-order valence-corrected chi connectivity index (χ1v) is 9.97. The molecule has 0 unspecified atom stereocenters. The van der Waals surface area contributed by atoms with Crippen molar-refractivity contribution in [1.29, 1.82) is 0 Å². The summed E-state index contributed by atoms with van der Waals surface area (Å²) in [6.07, 6.45) is 1.12. The highest BCUT2D eigenvalue weighted by Crippen LogP contribution is 2.27. The number of rotatable bonds is 6. The van der Waals surface area contributed by atoms with Gasteiger partial charge in [-0.15, -0.1) is 4.40 Å². The van der Waals surface area contributed by atoms with E-state index in [4.69, 9.17) is 11.6 Å². The van der Waals surface area contributed by atoms with Gasteiger partial charge in [-0.2, -0.15) is 8.42 Å². The molecule has 1 amide bonds. The third kappa shape index (κ3) is 4.42. The normalized spacial score (nSPS) is 14.7. The van der Waals surface area contributed by atoms with Crippen LogP contribution in [0.15, 0.2) is 57.8 Å². The third-order valence-electron chi connectivity index (χ3n) is 3.93. The second-order valence-electron chi connectivity index (χ2n) is 5.86. The first-order valence-electron chi connectivity index (χ1n) is 8.16. The van der Waals surface area contributed by atoms with Crippen molar-refractivity contribution >= 4 is 39.1 Å². The highest BCUT2D eigenvalue weighted by Gasteiger charge is 2.23. The van der Waals surface area contributed by atoms with Gasteiger partial charge in [0.05, 0.1) is 5.69 Å². The van der Waals surface area contributed by atoms with Crippen LogP contribution in [0.1, 0.15) is 24.8 Å². The fraction of sp³-hybridized carbons (Fsp3) is 0.222. The lowest BCUT2D eigenvalue weighted by atomic mass is 10.2. The summed E-state index contributed by atoms with van der Waals surface area (Å²) in [5.41, 5.74) is 1.37. The van der Waals surface area contributed by atoms with Crippen LogP contribution in [0.3, 0.4) is 0 Å². The average molecular weight is 392 g/mol. The Morgan fingerprint density at radius 3 is 2.65 bits per heavy atom. The average Bonchev–Trinajstić information content (AvgIpc) is 2.60. The van der Waals surface area contributed by atoms with Crippen molar-refractivity contribution in [2.24, 2.45) is 4.40 Å². The lowest BCUT2D eigenvalue weighted by Gasteiger charge is -2.17. The number of nitrogens with zero attached hydrogens (tertiary/aromatic N) is 1. The summed E-state index contributed by atoms with van der Waals surface area (Å²) >= 11 is 6.05. The molecule has 0 aromatic heterocycles. The topological polar surface area (TPSA) is 87.6 Å². The zero-order valence-corrected chi connectivity index (χ0v) is 15.5. The Morgan fingerprint density at radius 1 is 1.12 bits per heavy atom. The van der Waals surface area contributed by atoms with E-state index in [-0.39, 0.29) is 17.2 Å². The van der Waals surface area contributed by atoms with Crippen LogP contribution in [-0.4, -0.2) is 20.2 Å². The van der Waals surface area contributed by atoms with E-state index in [1.165, 1.54) is 6.07 Å². The molecule has 0 aliphatic carbocycles. The van der Waals surface area contributed by atoms with E-state index < -0.39 is 10.0 Å². The first-order chi connectivity index (χ1) is 12.5. The van der Waals surface area contributed by atoms with Gasteiger partial charge in [0.1, 0.15) is 10.7 Å². The Kier molecular flexibility index (Phi) is 5.58. The number of carbonyl (C=O) groups is 1. The van der Waals surface area contributed by atoms with Crippen LogP contribution in [-0.2, 0) is 21.4 Å². The number of amidine groups is 1. The number of sulfonamides is 1. The number of nitrogens with one attached hydrogen (secondary N) is 2. The minimum Gasteiger partial charge on any atom is -0.352 e. The van der Waals surface area contributed by atoms with Gasteiger partial charge in [0.2, 0.25) is 5.91 Å². The van der Waals surface area contributed by atoms with Gasteiger partial charge in [-0.25, -0.2) is 0 Å². The molecular formula is C18H18ClN3O3S. The Morgan fingerprint density at radius 2 is 1.85 bits per heavy atom. The number of fused-ring (bicyclic) bond motifs is 1. The smallest absolute Gasteiger partial charge is 0.286 e. The molecule has 3 rings (SSSR count). The fourth-order valence-electron chi connectivity index (χ4n) is 2.62. The van der Waals surface area contributed by atoms with Crippen LogP contribution in [0.4, 0.5) is 5.69 Å². The van der Waals surface area contributed by atoms with Crippen LogP contribution in [0.5, 0.6) is 0 Å². The minimum atomic E-state index is -3.68. The van der Waals surface area contributed by atoms with E-state index in [1.54, 1.807) is 24.3 Å². The van der Waals surface area contributed by atoms with Crippen molar-refractivity contribution in [3.63, 3.8) is 0 Å². The van der Waals surface area contributed by atoms with Gasteiger partial charge in [0, 0.05) is 24.4 Å². The summed E-state index contributed by atoms with van der Waals surface area (Å²) in [5, 5.41) is 6.43. The van der Waals surface area contributed by atoms with Crippen LogP contribution >= 0.6 is 11.6 Å². The van der Waals surface area contributed by atoms with E-state index >= 15 is 0 Å². The molecule has 0 fully saturated rings. The molecule has 0 spiro atoms. The van der Waals surface area contributed by atoms with Gasteiger partial charge in [0.25, 0.3) is 10.0 Å². The SMILES string of the molecule is O=C(CCCC1=NS(=O)(=O)c2ccccc2N1)NCc1ccccc1Cl. The molecule has 1 aliphatic heterocycles. The molecule has 8 heteroatoms. The Labute approximate surface area is 157 Å². The second-order valence-corrected chi connectivity index (χ2v) is 7.84. The van der Waals surface area contributed by atoms with E-state index in [1.807, 2.05) is 18.2 Å². The standard InChI is InChI=1S/C18H18ClN3O3S/c19-14-7-2-1-6-13(14)12-20-18(23)11-5-10-17-21-15-8-3-4-9-16(15)26(24,25)22-17/h1-4,6-9H,5,10-12H2,(H,20,23)(H,21,22). The third-order valence-corrected chi connectivity index (χ3v) is 5.67. The molecule has 0 atom stereocenters. The van der Waals surface area contributed by atoms with E-state index in [9.17, 15) is 13.2 Å². The summed E-state index contributed by atoms with van der Waals surface area (Å²) in [4.78, 5) is 12.1. The molecule has 1 aliphatic rings. The lowest BCUT2D eigenvalue weighted by Crippen LogP contribution is -2.24. The van der Waals surface area contributed by atoms with Gasteiger partial charge >= 0.3 is 0 Å². The highest BCUT2D eigenvalue weighted by molar-refractivity contribution is 7.90. The summed E-state index contributed by atoms with van der Waals surface area (Å²) in [6.45, 7) is 0.361. The number of hydrogen-bond acceptors (Lipinski definition) is 4. The summed E-state index contributed by atoms with van der Waals surface area (Å²) in [5.74, 6) is 0.229. The molecule has 0 saturated heterocycles. The van der Waals surface area contributed by atoms with E-state index in [0.717, 1.165) is 5.56 Å². The molecule has 26 heavy (non-hydrogen) atoms. The molecule has 136 valence electrons. The van der Waals surface area contributed by atoms with Crippen molar-refractivity contribution in [2.75, 3.05) is 5.32 Å². The maximum atomic E-state index is 12.2. The van der Waals surface area contributed by atoms with Gasteiger partial charge in [-0.1, -0.05) is 41.9 Å². The number of para-hydroxylation sites is 1. The van der Waals surface area contributed by atoms with Gasteiger partial charge in [0.15, 0.2) is 0 Å². The number of halogens is 1. The fourth-order valence-corrected chi connectivity index (χ4v) is 3.99. The summed E-state index contributed by atoms with van der Waals surface area (Å²) in [7, 11) is -3.68. The molecule has 6 nitrogen and oxygen atoms in total. The summed E-state index contributed by atoms with van der Waals surface area (Å²) < 4.78 is 28.1. The van der Waals surface area contributed by atoms with Crippen LogP contribution in [0.2, 0.25) is 5.02 Å². The molecule has 1 heterocycles. The maximum Gasteiger partial charge on any atom is 0.286 e. The van der Waals surface area contributed by atoms with Crippen molar-refractivity contribution in [1.82, 2.24) is 5.32 Å². The van der Waals surface area contributed by atoms with Crippen molar-refractivity contribution < 1.29 is 13.2 Å². The van der Waals surface area contributed by atoms with Gasteiger partial charge in [-0.3, -0.25) is 4.79 Å². The van der Waals surface area contributed by atoms with Crippen molar-refractivity contribution in [2.45, 2.75) is 30.7 Å². The zero-order valence-electron chi connectivity index (χ0n) is 13.9. The maximum absolute atomic E-state index is 12.2. The monoisotopic (exact) mass is 391 g/mol. The Hall–Kier alpha value is -2.38. The number of hydrogen-bond donors (Lipinski definition) is 2. The molecule has 2 N–H and O–H groups in total. The molecule has 2 aromatic carbocycles. The predicted octanol–water partition coefficient (Wildman–Crippen LogP) is 3.34. The molecule has 2 aromatic rings. The molecule has 0 radical (unpaired) electrons. The number of carbonyl (C=O) groups excluding carboxylic acids is 1. The Balaban J connectivity index is 1.50. The van der Waals surface area contributed by atoms with Gasteiger partial charge < -0.3 is 10.6 Å². The van der Waals surface area contributed by atoms with Crippen molar-refractivity contribution in [3.05, 3.63) is 59.1 Å². The largest absolute Gasteiger partial charge is 0.352 e. The highest BCUT2D eigenvalue weighted by atomic mass is 35.5. The number of benzene rings is 2. The van der Waals surface area contributed by atoms with Crippen LogP contribution < -0.4 is 10.6 Å². The molecular weight excluding hydrogens is 374 g/mol. The lowest BCUT2D eigenvalue weighted by molar-refractivity contribution is -0.121. The summed E-state index contributed by atoms with van der Waals surface area (Å²) in [6, 6.07) is 13.9. The van der Waals surface area contributed by atoms with E-state index in [2.05, 4.69) is 15.0 Å². The van der Waals surface area contributed by atoms with Crippen LogP contribution in [0.25, 0.3) is 0 Å². The number of anilines is 1. The number of amides is 1. The van der Waals surface area contributed by atoms with Crippen LogP contribution in [0, 0.1) is 0 Å². The first kappa shape index (κ1) is 18.4. The quantitative estimate of drug-likeness (QED) is 0.790. The second kappa shape index (κ2) is 7.88. The van der Waals surface area contributed by atoms with Crippen molar-refractivity contribution in [3.8, 4) is 0 Å². The van der Waals surface area contributed by atoms with E-state index in [0.29, 0.717) is 35.9 Å².